The highest BCUT2D eigenvalue weighted by Crippen LogP contribution is 2.31. The van der Waals surface area contributed by atoms with Crippen LogP contribution in [-0.2, 0) is 4.79 Å². The van der Waals surface area contributed by atoms with Gasteiger partial charge in [-0.15, -0.1) is 0 Å². The summed E-state index contributed by atoms with van der Waals surface area (Å²) >= 11 is 0. The minimum absolute atomic E-state index is 0.0721. The molecular formula is C24H31N3O2. The Morgan fingerprint density at radius 2 is 1.62 bits per heavy atom. The van der Waals surface area contributed by atoms with Crippen LogP contribution in [0, 0.1) is 19.8 Å². The number of amides is 2. The largest absolute Gasteiger partial charge is 0.339 e. The zero-order chi connectivity index (χ0) is 20.7. The highest BCUT2D eigenvalue weighted by atomic mass is 16.2. The van der Waals surface area contributed by atoms with Crippen LogP contribution in [0.5, 0.6) is 0 Å². The van der Waals surface area contributed by atoms with Gasteiger partial charge in [-0.1, -0.05) is 26.0 Å². The molecule has 2 heterocycles. The molecule has 154 valence electrons. The Kier molecular flexibility index (Phi) is 5.24. The average Bonchev–Trinajstić information content (AvgIpc) is 3.52. The molecule has 2 fully saturated rings. The van der Waals surface area contributed by atoms with Gasteiger partial charge in [0, 0.05) is 49.2 Å². The summed E-state index contributed by atoms with van der Waals surface area (Å²) in [6, 6.07) is 10.5. The van der Waals surface area contributed by atoms with Crippen molar-refractivity contribution < 1.29 is 9.59 Å². The number of aryl methyl sites for hydroxylation is 1. The summed E-state index contributed by atoms with van der Waals surface area (Å²) in [4.78, 5) is 29.3. The normalized spacial score (nSPS) is 17.1. The molecule has 5 nitrogen and oxygen atoms in total. The maximum absolute atomic E-state index is 13.2. The monoisotopic (exact) mass is 393 g/mol. The topological polar surface area (TPSA) is 45.6 Å². The van der Waals surface area contributed by atoms with Crippen molar-refractivity contribution in [2.75, 3.05) is 26.2 Å². The van der Waals surface area contributed by atoms with Crippen molar-refractivity contribution >= 4 is 11.8 Å². The van der Waals surface area contributed by atoms with Crippen molar-refractivity contribution in [2.45, 2.75) is 46.5 Å². The SMILES string of the molecule is Cc1cc(C(=O)N2CCN(C(=O)C3CC3)CC2)c(C)n1-c1cccc(C(C)C)c1. The molecule has 0 bridgehead atoms. The van der Waals surface area contributed by atoms with E-state index in [0.29, 0.717) is 32.1 Å². The van der Waals surface area contributed by atoms with Crippen LogP contribution in [0.25, 0.3) is 5.69 Å². The van der Waals surface area contributed by atoms with E-state index >= 15 is 0 Å². The lowest BCUT2D eigenvalue weighted by Crippen LogP contribution is -2.51. The van der Waals surface area contributed by atoms with Crippen LogP contribution in [0.1, 0.15) is 59.9 Å². The predicted octanol–water partition coefficient (Wildman–Crippen LogP) is 3.91. The second-order valence-electron chi connectivity index (χ2n) is 8.76. The van der Waals surface area contributed by atoms with E-state index in [1.54, 1.807) is 0 Å². The van der Waals surface area contributed by atoms with E-state index in [-0.39, 0.29) is 17.7 Å². The molecule has 0 unspecified atom stereocenters. The van der Waals surface area contributed by atoms with Crippen molar-refractivity contribution in [3.05, 3.63) is 52.8 Å². The Balaban J connectivity index is 1.52. The standard InChI is InChI=1S/C24H31N3O2/c1-16(2)20-6-5-7-21(15-20)27-17(3)14-22(18(27)4)24(29)26-12-10-25(11-13-26)23(28)19-8-9-19/h5-7,14-16,19H,8-13H2,1-4H3. The molecule has 2 amide bonds. The van der Waals surface area contributed by atoms with Crippen LogP contribution in [0.2, 0.25) is 0 Å². The van der Waals surface area contributed by atoms with Crippen molar-refractivity contribution in [3.8, 4) is 5.69 Å². The van der Waals surface area contributed by atoms with Crippen LogP contribution in [-0.4, -0.2) is 52.4 Å². The smallest absolute Gasteiger partial charge is 0.255 e. The van der Waals surface area contributed by atoms with Gasteiger partial charge in [0.1, 0.15) is 0 Å². The molecular weight excluding hydrogens is 362 g/mol. The first-order valence-electron chi connectivity index (χ1n) is 10.7. The molecule has 1 aromatic heterocycles. The summed E-state index contributed by atoms with van der Waals surface area (Å²) in [5, 5.41) is 0. The molecule has 0 radical (unpaired) electrons. The Bertz CT molecular complexity index is 932. The summed E-state index contributed by atoms with van der Waals surface area (Å²) in [7, 11) is 0. The molecule has 1 aliphatic heterocycles. The average molecular weight is 394 g/mol. The molecule has 1 saturated heterocycles. The highest BCUT2D eigenvalue weighted by molar-refractivity contribution is 5.96. The first kappa shape index (κ1) is 19.7. The van der Waals surface area contributed by atoms with E-state index in [2.05, 4.69) is 49.6 Å². The molecule has 0 atom stereocenters. The summed E-state index contributed by atoms with van der Waals surface area (Å²) < 4.78 is 2.17. The Hall–Kier alpha value is -2.56. The molecule has 0 N–H and O–H groups in total. The molecule has 5 heteroatoms. The number of rotatable bonds is 4. The van der Waals surface area contributed by atoms with Gasteiger partial charge < -0.3 is 14.4 Å². The zero-order valence-electron chi connectivity index (χ0n) is 17.9. The highest BCUT2D eigenvalue weighted by Gasteiger charge is 2.35. The van der Waals surface area contributed by atoms with Gasteiger partial charge in [-0.3, -0.25) is 9.59 Å². The summed E-state index contributed by atoms with van der Waals surface area (Å²) in [6.07, 6.45) is 2.06. The lowest BCUT2D eigenvalue weighted by Gasteiger charge is -2.35. The number of piperazine rings is 1. The number of hydrogen-bond donors (Lipinski definition) is 0. The van der Waals surface area contributed by atoms with Crippen molar-refractivity contribution in [2.24, 2.45) is 5.92 Å². The predicted molar refractivity (Wildman–Crippen MR) is 115 cm³/mol. The van der Waals surface area contributed by atoms with Crippen molar-refractivity contribution in [1.82, 2.24) is 14.4 Å². The molecule has 1 saturated carbocycles. The number of hydrogen-bond acceptors (Lipinski definition) is 2. The van der Waals surface area contributed by atoms with Gasteiger partial charge in [0.2, 0.25) is 5.91 Å². The van der Waals surface area contributed by atoms with E-state index in [0.717, 1.165) is 35.5 Å². The molecule has 4 rings (SSSR count). The maximum atomic E-state index is 13.2. The number of nitrogens with zero attached hydrogens (tertiary/aromatic N) is 3. The zero-order valence-corrected chi connectivity index (χ0v) is 17.9. The van der Waals surface area contributed by atoms with Crippen molar-refractivity contribution in [1.29, 1.82) is 0 Å². The van der Waals surface area contributed by atoms with E-state index in [4.69, 9.17) is 0 Å². The third-order valence-corrected chi connectivity index (χ3v) is 6.26. The summed E-state index contributed by atoms with van der Waals surface area (Å²) in [5.74, 6) is 1.06. The third kappa shape index (κ3) is 3.83. The van der Waals surface area contributed by atoms with Gasteiger partial charge in [0.05, 0.1) is 5.56 Å². The minimum Gasteiger partial charge on any atom is -0.339 e. The number of carbonyl (C=O) groups is 2. The Morgan fingerprint density at radius 1 is 0.966 bits per heavy atom. The third-order valence-electron chi connectivity index (χ3n) is 6.26. The lowest BCUT2D eigenvalue weighted by molar-refractivity contribution is -0.134. The fourth-order valence-electron chi connectivity index (χ4n) is 4.29. The Labute approximate surface area is 173 Å². The van der Waals surface area contributed by atoms with Gasteiger partial charge >= 0.3 is 0 Å². The van der Waals surface area contributed by atoms with E-state index < -0.39 is 0 Å². The van der Waals surface area contributed by atoms with Gasteiger partial charge in [-0.25, -0.2) is 0 Å². The molecule has 1 aliphatic carbocycles. The number of benzene rings is 1. The van der Waals surface area contributed by atoms with E-state index in [1.807, 2.05) is 22.8 Å². The van der Waals surface area contributed by atoms with Gasteiger partial charge in [0.25, 0.3) is 5.91 Å². The fourth-order valence-corrected chi connectivity index (χ4v) is 4.29. The van der Waals surface area contributed by atoms with Crippen LogP contribution in [0.15, 0.2) is 30.3 Å². The van der Waals surface area contributed by atoms with Crippen molar-refractivity contribution in [3.63, 3.8) is 0 Å². The first-order chi connectivity index (χ1) is 13.9. The van der Waals surface area contributed by atoms with Gasteiger partial charge in [-0.05, 0) is 56.4 Å². The van der Waals surface area contributed by atoms with Crippen LogP contribution >= 0.6 is 0 Å². The second-order valence-corrected chi connectivity index (χ2v) is 8.76. The molecule has 29 heavy (non-hydrogen) atoms. The molecule has 1 aromatic carbocycles. The lowest BCUT2D eigenvalue weighted by atomic mass is 10.0. The summed E-state index contributed by atoms with van der Waals surface area (Å²) in [6.45, 7) is 11.0. The molecule has 0 spiro atoms. The second kappa shape index (κ2) is 7.69. The first-order valence-corrected chi connectivity index (χ1v) is 10.7. The van der Waals surface area contributed by atoms with E-state index in [1.165, 1.54) is 5.56 Å². The van der Waals surface area contributed by atoms with Crippen LogP contribution in [0.4, 0.5) is 0 Å². The quantitative estimate of drug-likeness (QED) is 0.791. The van der Waals surface area contributed by atoms with Crippen LogP contribution < -0.4 is 0 Å². The van der Waals surface area contributed by atoms with Crippen LogP contribution in [0.3, 0.4) is 0 Å². The number of aromatic nitrogens is 1. The minimum atomic E-state index is 0.0721. The maximum Gasteiger partial charge on any atom is 0.255 e. The van der Waals surface area contributed by atoms with E-state index in [9.17, 15) is 9.59 Å². The Morgan fingerprint density at radius 3 is 2.24 bits per heavy atom. The molecule has 2 aliphatic rings. The molecule has 2 aromatic rings. The van der Waals surface area contributed by atoms with Gasteiger partial charge in [-0.2, -0.15) is 0 Å². The summed E-state index contributed by atoms with van der Waals surface area (Å²) in [5.41, 5.74) is 5.20. The fraction of sp³-hybridized carbons (Fsp3) is 0.500. The number of carbonyl (C=O) groups excluding carboxylic acids is 2. The van der Waals surface area contributed by atoms with Gasteiger partial charge in [0.15, 0.2) is 0 Å².